The Morgan fingerprint density at radius 1 is 1.32 bits per heavy atom. The van der Waals surface area contributed by atoms with E-state index in [4.69, 9.17) is 0 Å². The van der Waals surface area contributed by atoms with Crippen LogP contribution in [0.5, 0.6) is 0 Å². The molecular weight excluding hydrogens is 327 g/mol. The number of carbonyl (C=O) groups excluding carboxylic acids is 1. The molecule has 0 saturated heterocycles. The molecule has 0 amide bonds. The van der Waals surface area contributed by atoms with Gasteiger partial charge in [0, 0.05) is 5.56 Å². The molecule has 0 aliphatic rings. The number of hydrogen-bond donors (Lipinski definition) is 0. The van der Waals surface area contributed by atoms with E-state index >= 15 is 0 Å². The van der Waals surface area contributed by atoms with Gasteiger partial charge in [-0.1, -0.05) is 23.1 Å². The van der Waals surface area contributed by atoms with E-state index in [-0.39, 0.29) is 17.2 Å². The van der Waals surface area contributed by atoms with E-state index in [0.29, 0.717) is 14.9 Å². The molecule has 0 unspecified atom stereocenters. The molecule has 0 atom stereocenters. The van der Waals surface area contributed by atoms with Crippen molar-refractivity contribution < 1.29 is 9.18 Å². The van der Waals surface area contributed by atoms with E-state index in [0.717, 1.165) is 4.52 Å². The Labute approximate surface area is 132 Å². The van der Waals surface area contributed by atoms with Crippen molar-refractivity contribution >= 4 is 33.8 Å². The van der Waals surface area contributed by atoms with Crippen molar-refractivity contribution in [1.82, 2.24) is 19.8 Å². The molecule has 0 saturated carbocycles. The predicted molar refractivity (Wildman–Crippen MR) is 81.7 cm³/mol. The monoisotopic (exact) mass is 336 g/mol. The second-order valence-corrected chi connectivity index (χ2v) is 6.59. The van der Waals surface area contributed by atoms with E-state index in [1.165, 1.54) is 54.3 Å². The highest BCUT2D eigenvalue weighted by Crippen LogP contribution is 2.23. The average molecular weight is 336 g/mol. The molecule has 0 radical (unpaired) electrons. The first-order chi connectivity index (χ1) is 10.5. The number of halogens is 1. The number of thioether (sulfide) groups is 1. The minimum atomic E-state index is -0.428. The van der Waals surface area contributed by atoms with Gasteiger partial charge in [-0.25, -0.2) is 4.39 Å². The van der Waals surface area contributed by atoms with E-state index in [1.807, 2.05) is 0 Å². The maximum atomic E-state index is 12.9. The molecule has 22 heavy (non-hydrogen) atoms. The van der Waals surface area contributed by atoms with Crippen molar-refractivity contribution in [2.75, 3.05) is 5.75 Å². The Balaban J connectivity index is 2.03. The summed E-state index contributed by atoms with van der Waals surface area (Å²) in [4.78, 5) is 23.7. The highest BCUT2D eigenvalue weighted by Gasteiger charge is 2.14. The Morgan fingerprint density at radius 2 is 2.05 bits per heavy atom. The molecule has 0 aliphatic heterocycles. The molecule has 9 heteroatoms. The van der Waals surface area contributed by atoms with Crippen LogP contribution in [0, 0.1) is 5.82 Å². The molecule has 0 N–H and O–H groups in total. The fourth-order valence-electron chi connectivity index (χ4n) is 1.71. The van der Waals surface area contributed by atoms with Crippen LogP contribution in [0.15, 0.2) is 33.4 Å². The van der Waals surface area contributed by atoms with Crippen LogP contribution in [0.25, 0.3) is 16.2 Å². The molecule has 112 valence electrons. The lowest BCUT2D eigenvalue weighted by Crippen LogP contribution is -2.19. The zero-order chi connectivity index (χ0) is 15.7. The molecule has 0 aliphatic carbocycles. The van der Waals surface area contributed by atoms with Crippen LogP contribution in [0.3, 0.4) is 0 Å². The Morgan fingerprint density at radius 3 is 2.73 bits per heavy atom. The summed E-state index contributed by atoms with van der Waals surface area (Å²) >= 11 is 2.44. The first kappa shape index (κ1) is 14.8. The molecular formula is C13H9FN4O2S2. The smallest absolute Gasteiger partial charge is 0.299 e. The molecule has 3 rings (SSSR count). The third kappa shape index (κ3) is 2.90. The van der Waals surface area contributed by atoms with Crippen LogP contribution in [0.1, 0.15) is 6.92 Å². The van der Waals surface area contributed by atoms with Gasteiger partial charge in [-0.2, -0.15) is 4.52 Å². The minimum Gasteiger partial charge on any atom is -0.299 e. The standard InChI is InChI=1S/C13H9FN4O2S2/c1-7(19)6-21-13-17-18-11(20)10(15-16-12(18)22-13)8-2-4-9(14)5-3-8/h2-5H,6H2,1H3. The van der Waals surface area contributed by atoms with E-state index < -0.39 is 11.4 Å². The van der Waals surface area contributed by atoms with Crippen molar-refractivity contribution in [3.63, 3.8) is 0 Å². The second kappa shape index (κ2) is 5.93. The summed E-state index contributed by atoms with van der Waals surface area (Å²) < 4.78 is 14.7. The number of hydrogen-bond acceptors (Lipinski definition) is 7. The molecule has 0 spiro atoms. The maximum absolute atomic E-state index is 12.9. The van der Waals surface area contributed by atoms with Crippen LogP contribution in [-0.4, -0.2) is 31.3 Å². The van der Waals surface area contributed by atoms with Crippen molar-refractivity contribution in [1.29, 1.82) is 0 Å². The Hall–Kier alpha value is -2.13. The summed E-state index contributed by atoms with van der Waals surface area (Å²) in [5.41, 5.74) is 0.146. The topological polar surface area (TPSA) is 77.2 Å². The summed E-state index contributed by atoms with van der Waals surface area (Å²) in [6.45, 7) is 1.49. The van der Waals surface area contributed by atoms with Crippen molar-refractivity contribution in [2.24, 2.45) is 0 Å². The van der Waals surface area contributed by atoms with Crippen molar-refractivity contribution in [3.05, 3.63) is 40.4 Å². The molecule has 1 aromatic carbocycles. The number of Topliss-reactive ketones (excluding diaryl/α,β-unsaturated/α-hetero) is 1. The third-order valence-corrected chi connectivity index (χ3v) is 4.86. The van der Waals surface area contributed by atoms with Crippen LogP contribution in [-0.2, 0) is 4.79 Å². The van der Waals surface area contributed by atoms with Crippen LogP contribution >= 0.6 is 23.1 Å². The molecule has 0 bridgehead atoms. The van der Waals surface area contributed by atoms with E-state index in [1.54, 1.807) is 0 Å². The fourth-order valence-corrected chi connectivity index (χ4v) is 3.38. The van der Waals surface area contributed by atoms with Crippen LogP contribution in [0.4, 0.5) is 4.39 Å². The SMILES string of the molecule is CC(=O)CSc1nn2c(=O)c(-c3ccc(F)cc3)nnc2s1. The minimum absolute atomic E-state index is 0.0229. The van der Waals surface area contributed by atoms with Crippen LogP contribution in [0.2, 0.25) is 0 Å². The number of benzene rings is 1. The van der Waals surface area contributed by atoms with Gasteiger partial charge in [-0.3, -0.25) is 9.59 Å². The number of aromatic nitrogens is 4. The van der Waals surface area contributed by atoms with Gasteiger partial charge >= 0.3 is 5.56 Å². The summed E-state index contributed by atoms with van der Waals surface area (Å²) in [6.07, 6.45) is 0. The molecule has 2 aromatic heterocycles. The number of carbonyl (C=O) groups is 1. The summed E-state index contributed by atoms with van der Waals surface area (Å²) in [7, 11) is 0. The van der Waals surface area contributed by atoms with Crippen LogP contribution < -0.4 is 5.56 Å². The first-order valence-electron chi connectivity index (χ1n) is 6.19. The fraction of sp³-hybridized carbons (Fsp3) is 0.154. The van der Waals surface area contributed by atoms with Gasteiger partial charge in [-0.15, -0.1) is 15.3 Å². The molecule has 6 nitrogen and oxygen atoms in total. The average Bonchev–Trinajstić information content (AvgIpc) is 2.91. The molecule has 3 aromatic rings. The lowest BCUT2D eigenvalue weighted by atomic mass is 10.2. The zero-order valence-electron chi connectivity index (χ0n) is 11.3. The summed E-state index contributed by atoms with van der Waals surface area (Å²) in [6, 6.07) is 5.43. The molecule has 2 heterocycles. The lowest BCUT2D eigenvalue weighted by molar-refractivity contribution is -0.114. The van der Waals surface area contributed by atoms with Crippen molar-refractivity contribution in [3.8, 4) is 11.3 Å². The van der Waals surface area contributed by atoms with E-state index in [2.05, 4.69) is 15.3 Å². The number of ketones is 1. The van der Waals surface area contributed by atoms with E-state index in [9.17, 15) is 14.0 Å². The van der Waals surface area contributed by atoms with Gasteiger partial charge in [0.1, 0.15) is 11.6 Å². The first-order valence-corrected chi connectivity index (χ1v) is 7.99. The number of fused-ring (bicyclic) bond motifs is 1. The number of nitrogens with zero attached hydrogens (tertiary/aromatic N) is 4. The second-order valence-electron chi connectivity index (χ2n) is 4.41. The normalized spacial score (nSPS) is 11.0. The largest absolute Gasteiger partial charge is 0.302 e. The van der Waals surface area contributed by atoms with Gasteiger partial charge in [-0.05, 0) is 31.2 Å². The molecule has 0 fully saturated rings. The lowest BCUT2D eigenvalue weighted by Gasteiger charge is -1.98. The van der Waals surface area contributed by atoms with Gasteiger partial charge in [0.15, 0.2) is 10.0 Å². The highest BCUT2D eigenvalue weighted by atomic mass is 32.2. The Bertz CT molecular complexity index is 905. The summed E-state index contributed by atoms with van der Waals surface area (Å²) in [5.74, 6) is -0.0866. The highest BCUT2D eigenvalue weighted by molar-refractivity contribution is 8.01. The predicted octanol–water partition coefficient (Wildman–Crippen LogP) is 2.03. The quantitative estimate of drug-likeness (QED) is 0.679. The summed E-state index contributed by atoms with van der Waals surface area (Å²) in [5, 5.41) is 12.0. The zero-order valence-corrected chi connectivity index (χ0v) is 12.9. The third-order valence-electron chi connectivity index (χ3n) is 2.69. The van der Waals surface area contributed by atoms with Gasteiger partial charge in [0.25, 0.3) is 0 Å². The van der Waals surface area contributed by atoms with Gasteiger partial charge in [0.2, 0.25) is 4.96 Å². The van der Waals surface area contributed by atoms with Gasteiger partial charge in [0.05, 0.1) is 5.75 Å². The maximum Gasteiger partial charge on any atom is 0.302 e. The number of rotatable bonds is 4. The van der Waals surface area contributed by atoms with Gasteiger partial charge < -0.3 is 0 Å². The van der Waals surface area contributed by atoms with Crippen molar-refractivity contribution in [2.45, 2.75) is 11.3 Å². The Kier molecular flexibility index (Phi) is 3.99.